The highest BCUT2D eigenvalue weighted by Gasteiger charge is 2.68. The molecule has 3 fully saturated rings. The number of hydrogen-bond donors (Lipinski definition) is 1. The lowest BCUT2D eigenvalue weighted by atomic mass is 9.49. The Morgan fingerprint density at radius 3 is 2.20 bits per heavy atom. The third-order valence-corrected chi connectivity index (χ3v) is 11.7. The zero-order chi connectivity index (χ0) is 36.0. The number of esters is 1. The Hall–Kier alpha value is -1.79. The van der Waals surface area contributed by atoms with Gasteiger partial charge < -0.3 is 43.2 Å². The molecule has 2 aliphatic heterocycles. The Morgan fingerprint density at radius 2 is 1.62 bits per heavy atom. The van der Waals surface area contributed by atoms with Crippen LogP contribution in [0, 0.1) is 30.1 Å². The van der Waals surface area contributed by atoms with Gasteiger partial charge in [-0.15, -0.1) is 0 Å². The first-order valence-corrected chi connectivity index (χ1v) is 18.6. The summed E-state index contributed by atoms with van der Waals surface area (Å²) in [5.74, 6) is 1.42. The number of aryl methyl sites for hydroxylation is 1. The van der Waals surface area contributed by atoms with Crippen LogP contribution in [0.4, 0.5) is 0 Å². The van der Waals surface area contributed by atoms with Gasteiger partial charge in [-0.05, 0) is 81.9 Å². The van der Waals surface area contributed by atoms with Crippen LogP contribution in [0.1, 0.15) is 92.7 Å². The Kier molecular flexibility index (Phi) is 15.6. The molecule has 10 heteroatoms. The highest BCUT2D eigenvalue weighted by atomic mass is 16.6. The molecule has 2 saturated carbocycles. The Morgan fingerprint density at radius 1 is 1.00 bits per heavy atom. The summed E-state index contributed by atoms with van der Waals surface area (Å²) in [5.41, 5.74) is 0.566. The van der Waals surface area contributed by atoms with Gasteiger partial charge >= 0.3 is 5.97 Å². The lowest BCUT2D eigenvalue weighted by Gasteiger charge is -2.61. The smallest absolute Gasteiger partial charge is 0.337 e. The van der Waals surface area contributed by atoms with E-state index in [0.717, 1.165) is 43.0 Å². The van der Waals surface area contributed by atoms with Gasteiger partial charge in [-0.3, -0.25) is 0 Å². The molecule has 288 valence electrons. The van der Waals surface area contributed by atoms with Crippen molar-refractivity contribution in [2.24, 2.45) is 23.2 Å². The predicted molar refractivity (Wildman–Crippen MR) is 196 cm³/mol. The van der Waals surface area contributed by atoms with Crippen LogP contribution in [-0.4, -0.2) is 113 Å². The minimum atomic E-state index is -1.00. The summed E-state index contributed by atoms with van der Waals surface area (Å²) in [4.78, 5) is 15.7. The van der Waals surface area contributed by atoms with Gasteiger partial charge in [0.15, 0.2) is 11.5 Å². The van der Waals surface area contributed by atoms with Gasteiger partial charge in [-0.25, -0.2) is 4.79 Å². The van der Waals surface area contributed by atoms with Gasteiger partial charge in [-0.2, -0.15) is 0 Å². The lowest BCUT2D eigenvalue weighted by Crippen LogP contribution is -2.69. The Balaban J connectivity index is 0.00000221. The largest absolute Gasteiger partial charge is 0.483 e. The number of ether oxygens (including phenoxy) is 7. The van der Waals surface area contributed by atoms with Crippen molar-refractivity contribution < 1.29 is 43.1 Å². The van der Waals surface area contributed by atoms with E-state index in [1.165, 1.54) is 12.8 Å². The molecule has 1 N–H and O–H groups in total. The molecule has 1 saturated heterocycles. The van der Waals surface area contributed by atoms with E-state index in [9.17, 15) is 9.90 Å². The summed E-state index contributed by atoms with van der Waals surface area (Å²) >= 11 is 0. The van der Waals surface area contributed by atoms with E-state index in [4.69, 9.17) is 33.2 Å². The second-order valence-electron chi connectivity index (χ2n) is 15.4. The number of methoxy groups -OCH3 is 2. The molecule has 4 aliphatic rings. The van der Waals surface area contributed by atoms with Gasteiger partial charge in [0.05, 0.1) is 45.2 Å². The Bertz CT molecular complexity index is 1210. The maximum Gasteiger partial charge on any atom is 0.337 e. The summed E-state index contributed by atoms with van der Waals surface area (Å²) < 4.78 is 40.7. The van der Waals surface area contributed by atoms with Crippen molar-refractivity contribution >= 4 is 5.97 Å². The average molecular weight is 708 g/mol. The van der Waals surface area contributed by atoms with E-state index in [1.807, 2.05) is 32.9 Å². The first kappa shape index (κ1) is 42.6. The minimum absolute atomic E-state index is 0. The van der Waals surface area contributed by atoms with Crippen LogP contribution in [0.15, 0.2) is 12.1 Å². The number of nitrogens with zero attached hydrogens (tertiary/aromatic N) is 1. The minimum Gasteiger partial charge on any atom is -0.483 e. The standard InChI is InChI=1S/C37H59NO9.C2H6.CH4/c1-24-9-12-29(46-30(39)23-45-20-19-44-18-17-43-16-15-41-7)33-31(24)37-13-14-38(22-26-10-11-26)25(2)27(37)21-28(32(42-8)34(37)47-33)36(6,40)35(3,4)5;1-2;/h9,12,25-28,32,34,40H,10-11,13-23H2,1-8H3;1-2H3;1H4/t25?,27?,28?,32?,34-,36?,37?;;/m0../s1. The molecule has 0 bridgehead atoms. The number of likely N-dealkylation sites (tertiary alicyclic amines) is 1. The number of aliphatic hydroxyl groups is 1. The summed E-state index contributed by atoms with van der Waals surface area (Å²) in [5, 5.41) is 12.2. The number of benzene rings is 1. The summed E-state index contributed by atoms with van der Waals surface area (Å²) in [6.07, 6.45) is 3.71. The molecule has 10 nitrogen and oxygen atoms in total. The fraction of sp³-hybridized carbons (Fsp3) is 0.825. The third kappa shape index (κ3) is 8.87. The Labute approximate surface area is 302 Å². The van der Waals surface area contributed by atoms with E-state index in [-0.39, 0.29) is 55.5 Å². The van der Waals surface area contributed by atoms with Crippen molar-refractivity contribution in [2.45, 2.75) is 118 Å². The van der Waals surface area contributed by atoms with E-state index in [2.05, 4.69) is 39.5 Å². The summed E-state index contributed by atoms with van der Waals surface area (Å²) in [6, 6.07) is 4.18. The number of carbonyl (C=O) groups excluding carboxylic acids is 1. The van der Waals surface area contributed by atoms with Crippen molar-refractivity contribution in [2.75, 3.05) is 73.6 Å². The number of piperidine rings is 1. The quantitative estimate of drug-likeness (QED) is 0.121. The van der Waals surface area contributed by atoms with Crippen LogP contribution in [-0.2, 0) is 33.9 Å². The molecule has 1 aromatic carbocycles. The highest BCUT2D eigenvalue weighted by Crippen LogP contribution is 2.64. The van der Waals surface area contributed by atoms with E-state index >= 15 is 0 Å². The molecule has 2 aliphatic carbocycles. The maximum absolute atomic E-state index is 13.0. The van der Waals surface area contributed by atoms with Gasteiger partial charge in [-0.1, -0.05) is 48.1 Å². The normalized spacial score (nSPS) is 28.5. The third-order valence-electron chi connectivity index (χ3n) is 11.7. The fourth-order valence-electron chi connectivity index (χ4n) is 8.44. The molecule has 1 aromatic rings. The number of rotatable bonds is 16. The topological polar surface area (TPSA) is 105 Å². The molecule has 7 atom stereocenters. The van der Waals surface area contributed by atoms with Crippen molar-refractivity contribution in [1.29, 1.82) is 0 Å². The zero-order valence-electron chi connectivity index (χ0n) is 32.0. The van der Waals surface area contributed by atoms with E-state index in [1.54, 1.807) is 14.2 Å². The first-order valence-electron chi connectivity index (χ1n) is 18.6. The SMILES string of the molecule is C.CC.COCCOCCOCCOCC(=O)Oc1ccc(C)c2c1O[C@H]1C(OC)C(C(C)(O)C(C)(C)C)CC3C(C)N(CC4CC4)CCC231. The average Bonchev–Trinajstić information content (AvgIpc) is 3.82. The number of hydrogen-bond acceptors (Lipinski definition) is 10. The summed E-state index contributed by atoms with van der Waals surface area (Å²) in [6.45, 7) is 21.3. The van der Waals surface area contributed by atoms with Crippen LogP contribution < -0.4 is 9.47 Å². The molecule has 50 heavy (non-hydrogen) atoms. The molecular formula is C40H69NO9. The molecule has 6 unspecified atom stereocenters. The van der Waals surface area contributed by atoms with Gasteiger partial charge in [0.1, 0.15) is 18.8 Å². The van der Waals surface area contributed by atoms with E-state index < -0.39 is 11.6 Å². The molecule has 0 radical (unpaired) electrons. The fourth-order valence-corrected chi connectivity index (χ4v) is 8.44. The molecule has 0 aromatic heterocycles. The van der Waals surface area contributed by atoms with E-state index in [0.29, 0.717) is 50.6 Å². The van der Waals surface area contributed by atoms with Gasteiger partial charge in [0, 0.05) is 43.7 Å². The number of carbonyl (C=O) groups is 1. The van der Waals surface area contributed by atoms with Crippen molar-refractivity contribution in [1.82, 2.24) is 4.90 Å². The van der Waals surface area contributed by atoms with Crippen LogP contribution >= 0.6 is 0 Å². The molecule has 2 heterocycles. The van der Waals surface area contributed by atoms with Crippen LogP contribution in [0.25, 0.3) is 0 Å². The monoisotopic (exact) mass is 707 g/mol. The number of fused-ring (bicyclic) bond motifs is 1. The molecule has 1 spiro atoms. The lowest BCUT2D eigenvalue weighted by molar-refractivity contribution is -0.203. The van der Waals surface area contributed by atoms with Crippen molar-refractivity contribution in [3.63, 3.8) is 0 Å². The zero-order valence-corrected chi connectivity index (χ0v) is 32.0. The predicted octanol–water partition coefficient (Wildman–Crippen LogP) is 6.21. The second-order valence-corrected chi connectivity index (χ2v) is 15.4. The van der Waals surface area contributed by atoms with Gasteiger partial charge in [0.2, 0.25) is 0 Å². The summed E-state index contributed by atoms with van der Waals surface area (Å²) in [7, 11) is 3.38. The second kappa shape index (κ2) is 18.3. The van der Waals surface area contributed by atoms with Crippen LogP contribution in [0.2, 0.25) is 0 Å². The molecule has 0 amide bonds. The maximum atomic E-state index is 13.0. The highest BCUT2D eigenvalue weighted by molar-refractivity contribution is 5.75. The molecule has 5 rings (SSSR count). The van der Waals surface area contributed by atoms with Crippen molar-refractivity contribution in [3.8, 4) is 11.5 Å². The first-order chi connectivity index (χ1) is 23.4. The van der Waals surface area contributed by atoms with Crippen LogP contribution in [0.3, 0.4) is 0 Å². The van der Waals surface area contributed by atoms with Gasteiger partial charge in [0.25, 0.3) is 0 Å². The van der Waals surface area contributed by atoms with Crippen LogP contribution in [0.5, 0.6) is 11.5 Å². The van der Waals surface area contributed by atoms with Crippen molar-refractivity contribution in [3.05, 3.63) is 23.3 Å². The molecular weight excluding hydrogens is 638 g/mol.